The molecule has 0 saturated carbocycles. The van der Waals surface area contributed by atoms with Crippen LogP contribution in [0.2, 0.25) is 0 Å². The fourth-order valence-electron chi connectivity index (χ4n) is 4.18. The molecule has 1 amide bonds. The van der Waals surface area contributed by atoms with Crippen molar-refractivity contribution in [2.45, 2.75) is 39.0 Å². The number of nitrogens with one attached hydrogen (secondary N) is 2. The molecular formula is C24H29N3O2. The van der Waals surface area contributed by atoms with Crippen LogP contribution in [0.15, 0.2) is 54.7 Å². The number of carbonyl (C=O) groups is 1. The van der Waals surface area contributed by atoms with E-state index in [1.54, 1.807) is 0 Å². The van der Waals surface area contributed by atoms with E-state index in [9.17, 15) is 4.79 Å². The molecule has 152 valence electrons. The van der Waals surface area contributed by atoms with Gasteiger partial charge in [-0.1, -0.05) is 30.3 Å². The van der Waals surface area contributed by atoms with Crippen molar-refractivity contribution in [3.8, 4) is 0 Å². The summed E-state index contributed by atoms with van der Waals surface area (Å²) in [6, 6.07) is 16.2. The molecule has 5 heteroatoms. The summed E-state index contributed by atoms with van der Waals surface area (Å²) in [5.74, 6) is -0.0231. The monoisotopic (exact) mass is 391 g/mol. The van der Waals surface area contributed by atoms with Crippen LogP contribution in [0, 0.1) is 0 Å². The maximum atomic E-state index is 12.5. The molecule has 1 aliphatic heterocycles. The molecule has 2 N–H and O–H groups in total. The number of amides is 1. The normalized spacial score (nSPS) is 20.1. The summed E-state index contributed by atoms with van der Waals surface area (Å²) in [5.41, 5.74) is 4.29. The van der Waals surface area contributed by atoms with Crippen LogP contribution in [0.25, 0.3) is 10.9 Å². The SMILES string of the molecule is C[C@H]1CN(Cc2ccc(C(=O)NCCc3c[nH]c4ccccc34)cc2)C[C@H](C)O1. The van der Waals surface area contributed by atoms with Gasteiger partial charge in [0.2, 0.25) is 0 Å². The highest BCUT2D eigenvalue weighted by molar-refractivity contribution is 5.94. The van der Waals surface area contributed by atoms with Crippen LogP contribution in [0.5, 0.6) is 0 Å². The molecule has 2 heterocycles. The molecule has 4 rings (SSSR count). The molecular weight excluding hydrogens is 362 g/mol. The Labute approximate surface area is 172 Å². The van der Waals surface area contributed by atoms with E-state index in [4.69, 9.17) is 4.74 Å². The zero-order chi connectivity index (χ0) is 20.2. The lowest BCUT2D eigenvalue weighted by Crippen LogP contribution is -2.44. The van der Waals surface area contributed by atoms with E-state index in [0.717, 1.165) is 31.6 Å². The summed E-state index contributed by atoms with van der Waals surface area (Å²) >= 11 is 0. The Morgan fingerprint density at radius 1 is 1.10 bits per heavy atom. The minimum atomic E-state index is -0.0231. The summed E-state index contributed by atoms with van der Waals surface area (Å²) in [5, 5.41) is 4.25. The van der Waals surface area contributed by atoms with Gasteiger partial charge in [-0.2, -0.15) is 0 Å². The van der Waals surface area contributed by atoms with Gasteiger partial charge in [0.1, 0.15) is 0 Å². The largest absolute Gasteiger partial charge is 0.373 e. The van der Waals surface area contributed by atoms with E-state index in [1.807, 2.05) is 30.5 Å². The zero-order valence-electron chi connectivity index (χ0n) is 17.2. The number of hydrogen-bond acceptors (Lipinski definition) is 3. The number of hydrogen-bond donors (Lipinski definition) is 2. The Kier molecular flexibility index (Phi) is 5.97. The summed E-state index contributed by atoms with van der Waals surface area (Å²) in [6.45, 7) is 7.63. The van der Waals surface area contributed by atoms with Gasteiger partial charge >= 0.3 is 0 Å². The summed E-state index contributed by atoms with van der Waals surface area (Å²) in [4.78, 5) is 18.2. The molecule has 1 aromatic heterocycles. The van der Waals surface area contributed by atoms with Crippen LogP contribution in [0.4, 0.5) is 0 Å². The number of benzene rings is 2. The van der Waals surface area contributed by atoms with Crippen LogP contribution >= 0.6 is 0 Å². The number of rotatable bonds is 6. The first-order valence-electron chi connectivity index (χ1n) is 10.4. The number of aromatic amines is 1. The number of ether oxygens (including phenoxy) is 1. The van der Waals surface area contributed by atoms with Crippen molar-refractivity contribution in [2.24, 2.45) is 0 Å². The third-order valence-corrected chi connectivity index (χ3v) is 5.47. The van der Waals surface area contributed by atoms with E-state index in [-0.39, 0.29) is 18.1 Å². The lowest BCUT2D eigenvalue weighted by molar-refractivity contribution is -0.0704. The van der Waals surface area contributed by atoms with Crippen LogP contribution in [-0.2, 0) is 17.7 Å². The second-order valence-corrected chi connectivity index (χ2v) is 8.01. The van der Waals surface area contributed by atoms with Crippen molar-refractivity contribution in [2.75, 3.05) is 19.6 Å². The molecule has 1 saturated heterocycles. The maximum absolute atomic E-state index is 12.5. The minimum Gasteiger partial charge on any atom is -0.373 e. The average Bonchev–Trinajstić information content (AvgIpc) is 3.11. The Bertz CT molecular complexity index is 954. The van der Waals surface area contributed by atoms with Crippen LogP contribution in [0.3, 0.4) is 0 Å². The van der Waals surface area contributed by atoms with Crippen molar-refractivity contribution >= 4 is 16.8 Å². The topological polar surface area (TPSA) is 57.4 Å². The Balaban J connectivity index is 1.29. The molecule has 0 unspecified atom stereocenters. The number of aromatic nitrogens is 1. The smallest absolute Gasteiger partial charge is 0.251 e. The van der Waals surface area contributed by atoms with E-state index in [0.29, 0.717) is 12.1 Å². The van der Waals surface area contributed by atoms with Gasteiger partial charge in [-0.3, -0.25) is 9.69 Å². The molecule has 0 bridgehead atoms. The second kappa shape index (κ2) is 8.80. The molecule has 2 atom stereocenters. The summed E-state index contributed by atoms with van der Waals surface area (Å²) in [6.07, 6.45) is 3.36. The minimum absolute atomic E-state index is 0.0231. The van der Waals surface area contributed by atoms with Gasteiger partial charge in [-0.15, -0.1) is 0 Å². The molecule has 0 aliphatic carbocycles. The molecule has 1 fully saturated rings. The standard InChI is InChI=1S/C24H29N3O2/c1-17-14-27(15-18(2)29-17)16-19-7-9-20(10-8-19)24(28)25-12-11-21-13-26-23-6-4-3-5-22(21)23/h3-10,13,17-18,26H,11-12,14-16H2,1-2H3,(H,25,28)/t17-,18-/m0/s1. The van der Waals surface area contributed by atoms with Gasteiger partial charge in [-0.25, -0.2) is 0 Å². The number of morpholine rings is 1. The first-order valence-corrected chi connectivity index (χ1v) is 10.4. The van der Waals surface area contributed by atoms with Gasteiger partial charge in [0.15, 0.2) is 0 Å². The van der Waals surface area contributed by atoms with E-state index >= 15 is 0 Å². The van der Waals surface area contributed by atoms with E-state index in [1.165, 1.54) is 16.5 Å². The number of carbonyl (C=O) groups excluding carboxylic acids is 1. The number of H-pyrrole nitrogens is 1. The fraction of sp³-hybridized carbons (Fsp3) is 0.375. The van der Waals surface area contributed by atoms with Gasteiger partial charge < -0.3 is 15.0 Å². The van der Waals surface area contributed by atoms with Crippen molar-refractivity contribution in [1.82, 2.24) is 15.2 Å². The van der Waals surface area contributed by atoms with Crippen molar-refractivity contribution < 1.29 is 9.53 Å². The number of nitrogens with zero attached hydrogens (tertiary/aromatic N) is 1. The first kappa shape index (κ1) is 19.7. The highest BCUT2D eigenvalue weighted by Gasteiger charge is 2.22. The predicted molar refractivity (Wildman–Crippen MR) is 116 cm³/mol. The first-order chi connectivity index (χ1) is 14.1. The molecule has 2 aromatic carbocycles. The van der Waals surface area contributed by atoms with Gasteiger partial charge in [0, 0.05) is 48.8 Å². The summed E-state index contributed by atoms with van der Waals surface area (Å²) < 4.78 is 5.80. The summed E-state index contributed by atoms with van der Waals surface area (Å²) in [7, 11) is 0. The lowest BCUT2D eigenvalue weighted by Gasteiger charge is -2.35. The second-order valence-electron chi connectivity index (χ2n) is 8.01. The number of fused-ring (bicyclic) bond motifs is 1. The average molecular weight is 392 g/mol. The molecule has 0 radical (unpaired) electrons. The Hall–Kier alpha value is -2.63. The Morgan fingerprint density at radius 2 is 1.83 bits per heavy atom. The molecule has 3 aromatic rings. The van der Waals surface area contributed by atoms with Crippen LogP contribution in [-0.4, -0.2) is 47.6 Å². The Morgan fingerprint density at radius 3 is 2.59 bits per heavy atom. The quantitative estimate of drug-likeness (QED) is 0.673. The van der Waals surface area contributed by atoms with Crippen LogP contribution < -0.4 is 5.32 Å². The third-order valence-electron chi connectivity index (χ3n) is 5.47. The zero-order valence-corrected chi connectivity index (χ0v) is 17.2. The maximum Gasteiger partial charge on any atom is 0.251 e. The van der Waals surface area contributed by atoms with Crippen LogP contribution in [0.1, 0.15) is 35.3 Å². The van der Waals surface area contributed by atoms with Gasteiger partial charge in [0.25, 0.3) is 5.91 Å². The number of para-hydroxylation sites is 1. The van der Waals surface area contributed by atoms with E-state index < -0.39 is 0 Å². The molecule has 29 heavy (non-hydrogen) atoms. The third kappa shape index (κ3) is 4.86. The molecule has 5 nitrogen and oxygen atoms in total. The van der Waals surface area contributed by atoms with Crippen molar-refractivity contribution in [1.29, 1.82) is 0 Å². The fourth-order valence-corrected chi connectivity index (χ4v) is 4.18. The highest BCUT2D eigenvalue weighted by Crippen LogP contribution is 2.18. The van der Waals surface area contributed by atoms with Gasteiger partial charge in [0.05, 0.1) is 12.2 Å². The van der Waals surface area contributed by atoms with Crippen molar-refractivity contribution in [3.63, 3.8) is 0 Å². The van der Waals surface area contributed by atoms with Crippen molar-refractivity contribution in [3.05, 3.63) is 71.4 Å². The molecule has 0 spiro atoms. The molecule has 1 aliphatic rings. The van der Waals surface area contributed by atoms with Gasteiger partial charge in [-0.05, 0) is 49.6 Å². The highest BCUT2D eigenvalue weighted by atomic mass is 16.5. The van der Waals surface area contributed by atoms with E-state index in [2.05, 4.69) is 53.3 Å². The predicted octanol–water partition coefficient (Wildman–Crippen LogP) is 3.75. The lowest BCUT2D eigenvalue weighted by atomic mass is 10.1.